The summed E-state index contributed by atoms with van der Waals surface area (Å²) in [5.74, 6) is -0.975. The maximum absolute atomic E-state index is 11.3. The monoisotopic (exact) mass is 237 g/mol. The molecule has 0 aromatic rings. The third-order valence-corrected chi connectivity index (χ3v) is 2.24. The zero-order valence-electron chi connectivity index (χ0n) is 8.77. The van der Waals surface area contributed by atoms with Crippen LogP contribution in [0, 0.1) is 0 Å². The Hall–Kier alpha value is -0.680. The van der Waals surface area contributed by atoms with E-state index in [2.05, 4.69) is 4.52 Å². The molecule has 0 unspecified atom stereocenters. The number of hydrogen-bond donors (Lipinski definition) is 3. The van der Waals surface area contributed by atoms with Gasteiger partial charge in [0.15, 0.2) is 0 Å². The molecule has 15 heavy (non-hydrogen) atoms. The number of rotatable bonds is 5. The quantitative estimate of drug-likeness (QED) is 0.479. The van der Waals surface area contributed by atoms with Crippen LogP contribution in [-0.4, -0.2) is 22.3 Å². The second-order valence-electron chi connectivity index (χ2n) is 3.02. The maximum Gasteiger partial charge on any atom is 0.527 e. The van der Waals surface area contributed by atoms with Gasteiger partial charge in [0.25, 0.3) is 0 Å². The van der Waals surface area contributed by atoms with Crippen molar-refractivity contribution in [2.45, 2.75) is 26.7 Å². The minimum Gasteiger partial charge on any atom is -0.367 e. The molecule has 0 spiro atoms. The van der Waals surface area contributed by atoms with Crippen LogP contribution >= 0.6 is 7.82 Å². The van der Waals surface area contributed by atoms with Gasteiger partial charge in [-0.05, 0) is 26.3 Å². The van der Waals surface area contributed by atoms with Gasteiger partial charge in [0.05, 0.1) is 0 Å². The number of nitrogens with two attached hydrogens (primary N) is 1. The van der Waals surface area contributed by atoms with Crippen LogP contribution in [0.2, 0.25) is 0 Å². The van der Waals surface area contributed by atoms with Crippen molar-refractivity contribution in [3.05, 3.63) is 11.1 Å². The lowest BCUT2D eigenvalue weighted by molar-refractivity contribution is -0.131. The molecule has 0 amide bonds. The second-order valence-corrected chi connectivity index (χ2v) is 4.18. The summed E-state index contributed by atoms with van der Waals surface area (Å²) in [6.45, 7) is 3.77. The topological polar surface area (TPSA) is 110 Å². The van der Waals surface area contributed by atoms with Crippen molar-refractivity contribution in [2.75, 3.05) is 6.54 Å². The predicted octanol–water partition coefficient (Wildman–Crippen LogP) is 0.698. The van der Waals surface area contributed by atoms with Crippen molar-refractivity contribution in [3.63, 3.8) is 0 Å². The molecule has 0 aliphatic heterocycles. The number of carbonyl (C=O) groups is 1. The zero-order valence-corrected chi connectivity index (χ0v) is 9.66. The lowest BCUT2D eigenvalue weighted by Gasteiger charge is -2.10. The average molecular weight is 237 g/mol. The lowest BCUT2D eigenvalue weighted by atomic mass is 10.1. The lowest BCUT2D eigenvalue weighted by Crippen LogP contribution is -2.09. The summed E-state index contributed by atoms with van der Waals surface area (Å²) in [6, 6.07) is 0. The fourth-order valence-electron chi connectivity index (χ4n) is 1.15. The van der Waals surface area contributed by atoms with E-state index in [1.165, 1.54) is 0 Å². The van der Waals surface area contributed by atoms with E-state index in [0.29, 0.717) is 25.0 Å². The van der Waals surface area contributed by atoms with Gasteiger partial charge in [-0.2, -0.15) is 0 Å². The average Bonchev–Trinajstić information content (AvgIpc) is 2.02. The fourth-order valence-corrected chi connectivity index (χ4v) is 1.48. The Bertz CT molecular complexity index is 306. The van der Waals surface area contributed by atoms with Gasteiger partial charge in [-0.25, -0.2) is 9.36 Å². The van der Waals surface area contributed by atoms with Crippen LogP contribution in [0.15, 0.2) is 11.1 Å². The summed E-state index contributed by atoms with van der Waals surface area (Å²) in [6.07, 6.45) is 0.851. The predicted molar refractivity (Wildman–Crippen MR) is 54.8 cm³/mol. The SMILES string of the molecule is CCC(C(=O)OP(=O)(O)O)=C(C)CCN. The smallest absolute Gasteiger partial charge is 0.367 e. The first kappa shape index (κ1) is 14.3. The Kier molecular flexibility index (Phi) is 5.75. The van der Waals surface area contributed by atoms with Gasteiger partial charge in [0, 0.05) is 5.57 Å². The molecule has 0 aliphatic rings. The summed E-state index contributed by atoms with van der Waals surface area (Å²) in [5, 5.41) is 0. The molecule has 4 N–H and O–H groups in total. The van der Waals surface area contributed by atoms with E-state index in [9.17, 15) is 9.36 Å². The largest absolute Gasteiger partial charge is 0.527 e. The first-order valence-electron chi connectivity index (χ1n) is 4.50. The Labute approximate surface area is 88.4 Å². The standard InChI is InChI=1S/C8H16NO5P/c1-3-7(6(2)4-5-9)8(10)14-15(11,12)13/h3-5,9H2,1-2H3,(H2,11,12,13). The van der Waals surface area contributed by atoms with E-state index >= 15 is 0 Å². The van der Waals surface area contributed by atoms with Gasteiger partial charge in [0.1, 0.15) is 0 Å². The van der Waals surface area contributed by atoms with Crippen molar-refractivity contribution >= 4 is 13.8 Å². The van der Waals surface area contributed by atoms with E-state index < -0.39 is 13.8 Å². The highest BCUT2D eigenvalue weighted by molar-refractivity contribution is 7.46. The molecule has 0 aromatic heterocycles. The van der Waals surface area contributed by atoms with Crippen molar-refractivity contribution in [2.24, 2.45) is 5.73 Å². The van der Waals surface area contributed by atoms with Crippen LogP contribution < -0.4 is 5.73 Å². The normalized spacial score (nSPS) is 13.4. The first-order chi connectivity index (χ1) is 6.81. The molecule has 0 aliphatic carbocycles. The molecule has 88 valence electrons. The Morgan fingerprint density at radius 1 is 1.47 bits per heavy atom. The van der Waals surface area contributed by atoms with E-state index in [1.54, 1.807) is 13.8 Å². The Morgan fingerprint density at radius 3 is 2.33 bits per heavy atom. The molecule has 0 saturated heterocycles. The highest BCUT2D eigenvalue weighted by Gasteiger charge is 2.23. The van der Waals surface area contributed by atoms with Crippen molar-refractivity contribution in [3.8, 4) is 0 Å². The summed E-state index contributed by atoms with van der Waals surface area (Å²) in [4.78, 5) is 28.2. The number of phosphoric ester groups is 1. The van der Waals surface area contributed by atoms with Gasteiger partial charge >= 0.3 is 13.8 Å². The van der Waals surface area contributed by atoms with E-state index in [0.717, 1.165) is 0 Å². The number of hydrogen-bond acceptors (Lipinski definition) is 4. The van der Waals surface area contributed by atoms with Crippen molar-refractivity contribution < 1.29 is 23.7 Å². The molecule has 0 fully saturated rings. The minimum atomic E-state index is -4.76. The third kappa shape index (κ3) is 5.69. The van der Waals surface area contributed by atoms with E-state index in [4.69, 9.17) is 15.5 Å². The van der Waals surface area contributed by atoms with Crippen LogP contribution in [0.1, 0.15) is 26.7 Å². The van der Waals surface area contributed by atoms with Crippen molar-refractivity contribution in [1.29, 1.82) is 0 Å². The van der Waals surface area contributed by atoms with E-state index in [-0.39, 0.29) is 5.57 Å². The Morgan fingerprint density at radius 2 is 2.00 bits per heavy atom. The van der Waals surface area contributed by atoms with Crippen LogP contribution in [-0.2, 0) is 13.9 Å². The van der Waals surface area contributed by atoms with Crippen LogP contribution in [0.3, 0.4) is 0 Å². The molecule has 0 saturated carbocycles. The molecular formula is C8H16NO5P. The van der Waals surface area contributed by atoms with Gasteiger partial charge in [-0.15, -0.1) is 0 Å². The summed E-state index contributed by atoms with van der Waals surface area (Å²) >= 11 is 0. The summed E-state index contributed by atoms with van der Waals surface area (Å²) in [5.41, 5.74) is 6.27. The van der Waals surface area contributed by atoms with Crippen LogP contribution in [0.5, 0.6) is 0 Å². The van der Waals surface area contributed by atoms with Crippen LogP contribution in [0.25, 0.3) is 0 Å². The van der Waals surface area contributed by atoms with E-state index in [1.807, 2.05) is 0 Å². The molecule has 0 heterocycles. The van der Waals surface area contributed by atoms with Crippen molar-refractivity contribution in [1.82, 2.24) is 0 Å². The number of carbonyl (C=O) groups excluding carboxylic acids is 1. The summed E-state index contributed by atoms with van der Waals surface area (Å²) in [7, 11) is -4.76. The van der Waals surface area contributed by atoms with Gasteiger partial charge in [-0.1, -0.05) is 12.5 Å². The fraction of sp³-hybridized carbons (Fsp3) is 0.625. The zero-order chi connectivity index (χ0) is 12.1. The van der Waals surface area contributed by atoms with Gasteiger partial charge < -0.3 is 10.3 Å². The molecular weight excluding hydrogens is 221 g/mol. The summed E-state index contributed by atoms with van der Waals surface area (Å²) < 4.78 is 14.4. The molecule has 0 rings (SSSR count). The third-order valence-electron chi connectivity index (χ3n) is 1.84. The molecule has 6 nitrogen and oxygen atoms in total. The number of phosphoric acid groups is 1. The van der Waals surface area contributed by atoms with Gasteiger partial charge in [-0.3, -0.25) is 9.79 Å². The maximum atomic E-state index is 11.3. The molecule has 0 aromatic carbocycles. The molecule has 0 radical (unpaired) electrons. The Balaban J connectivity index is 4.76. The first-order valence-corrected chi connectivity index (χ1v) is 6.03. The molecule has 0 bridgehead atoms. The second kappa shape index (κ2) is 6.02. The minimum absolute atomic E-state index is 0.267. The highest BCUT2D eigenvalue weighted by Crippen LogP contribution is 2.37. The molecule has 7 heteroatoms. The van der Waals surface area contributed by atoms with Gasteiger partial charge in [0.2, 0.25) is 0 Å². The molecule has 0 atom stereocenters. The highest BCUT2D eigenvalue weighted by atomic mass is 31.2. The van der Waals surface area contributed by atoms with Crippen LogP contribution in [0.4, 0.5) is 0 Å².